The zero-order valence-electron chi connectivity index (χ0n) is 9.08. The molecule has 0 fully saturated rings. The van der Waals surface area contributed by atoms with E-state index in [0.29, 0.717) is 10.7 Å². The molecule has 0 spiro atoms. The molecular formula is C10H15N3OS2. The van der Waals surface area contributed by atoms with Crippen LogP contribution in [0.4, 0.5) is 0 Å². The molecule has 16 heavy (non-hydrogen) atoms. The van der Waals surface area contributed by atoms with Gasteiger partial charge in [-0.15, -0.1) is 0 Å². The minimum Gasteiger partial charge on any atom is -0.361 e. The van der Waals surface area contributed by atoms with Crippen LogP contribution in [0.15, 0.2) is 16.8 Å². The monoisotopic (exact) mass is 257 g/mol. The summed E-state index contributed by atoms with van der Waals surface area (Å²) >= 11 is 6.46. The Balaban J connectivity index is 2.19. The van der Waals surface area contributed by atoms with Crippen molar-refractivity contribution in [2.24, 2.45) is 0 Å². The van der Waals surface area contributed by atoms with Crippen LogP contribution in [0.1, 0.15) is 30.1 Å². The van der Waals surface area contributed by atoms with Crippen LogP contribution >= 0.6 is 23.6 Å². The summed E-state index contributed by atoms with van der Waals surface area (Å²) < 4.78 is 0. The Morgan fingerprint density at radius 2 is 2.31 bits per heavy atom. The van der Waals surface area contributed by atoms with Gasteiger partial charge in [0.15, 0.2) is 5.11 Å². The third kappa shape index (κ3) is 4.59. The molecule has 0 aromatic carbocycles. The van der Waals surface area contributed by atoms with Crippen molar-refractivity contribution in [3.05, 3.63) is 22.4 Å². The molecule has 0 bridgehead atoms. The summed E-state index contributed by atoms with van der Waals surface area (Å²) in [6.07, 6.45) is 2.16. The molecule has 0 saturated carbocycles. The highest BCUT2D eigenvalue weighted by atomic mass is 32.1. The number of rotatable bonds is 4. The Hall–Kier alpha value is -1.14. The molecule has 1 aromatic heterocycles. The van der Waals surface area contributed by atoms with Crippen LogP contribution in [0, 0.1) is 0 Å². The van der Waals surface area contributed by atoms with E-state index in [1.165, 1.54) is 11.3 Å². The summed E-state index contributed by atoms with van der Waals surface area (Å²) in [5.41, 5.74) is 5.81. The van der Waals surface area contributed by atoms with Gasteiger partial charge in [0.05, 0.1) is 5.56 Å². The molecule has 0 aliphatic carbocycles. The zero-order chi connectivity index (χ0) is 11.8. The van der Waals surface area contributed by atoms with E-state index < -0.39 is 0 Å². The predicted molar refractivity (Wildman–Crippen MR) is 70.4 cm³/mol. The number of hydrogen-bond acceptors (Lipinski definition) is 3. The standard InChI is InChI=1S/C10H15N3OS2/c1-2-3-5-11-10(15)13-12-9(14)8-4-6-16-7-8/h4,6-7H,2-3,5H2,1H3,(H,12,14)(H2,11,13,15). The highest BCUT2D eigenvalue weighted by Crippen LogP contribution is 2.04. The number of thiophene rings is 1. The average Bonchev–Trinajstić information content (AvgIpc) is 2.79. The van der Waals surface area contributed by atoms with Gasteiger partial charge in [-0.25, -0.2) is 0 Å². The van der Waals surface area contributed by atoms with E-state index in [2.05, 4.69) is 23.1 Å². The van der Waals surface area contributed by atoms with E-state index in [1.54, 1.807) is 11.4 Å². The minimum absolute atomic E-state index is 0.180. The van der Waals surface area contributed by atoms with Crippen molar-refractivity contribution in [1.29, 1.82) is 0 Å². The maximum absolute atomic E-state index is 11.5. The Morgan fingerprint density at radius 1 is 1.50 bits per heavy atom. The Morgan fingerprint density at radius 3 is 2.94 bits per heavy atom. The van der Waals surface area contributed by atoms with Crippen LogP contribution in [0.3, 0.4) is 0 Å². The van der Waals surface area contributed by atoms with Gasteiger partial charge in [-0.3, -0.25) is 15.6 Å². The fourth-order valence-electron chi connectivity index (χ4n) is 1.00. The van der Waals surface area contributed by atoms with E-state index in [9.17, 15) is 4.79 Å². The molecule has 0 saturated heterocycles. The molecule has 6 heteroatoms. The molecule has 1 heterocycles. The number of hydrazine groups is 1. The molecular weight excluding hydrogens is 242 g/mol. The van der Waals surface area contributed by atoms with Gasteiger partial charge < -0.3 is 5.32 Å². The van der Waals surface area contributed by atoms with E-state index in [1.807, 2.05) is 5.38 Å². The van der Waals surface area contributed by atoms with Crippen LogP contribution in [0.2, 0.25) is 0 Å². The Labute approximate surface area is 104 Å². The normalized spacial score (nSPS) is 9.56. The van der Waals surface area contributed by atoms with Gasteiger partial charge in [-0.05, 0) is 30.1 Å². The van der Waals surface area contributed by atoms with Gasteiger partial charge in [0.1, 0.15) is 0 Å². The second-order valence-electron chi connectivity index (χ2n) is 3.20. The fraction of sp³-hybridized carbons (Fsp3) is 0.400. The number of unbranched alkanes of at least 4 members (excludes halogenated alkanes) is 1. The third-order valence-corrected chi connectivity index (χ3v) is 2.82. The third-order valence-electron chi connectivity index (χ3n) is 1.89. The summed E-state index contributed by atoms with van der Waals surface area (Å²) in [5, 5.41) is 7.07. The number of carbonyl (C=O) groups excluding carboxylic acids is 1. The quantitative estimate of drug-likeness (QED) is 0.436. The lowest BCUT2D eigenvalue weighted by Gasteiger charge is -2.10. The van der Waals surface area contributed by atoms with E-state index in [4.69, 9.17) is 12.2 Å². The van der Waals surface area contributed by atoms with Crippen molar-refractivity contribution >= 4 is 34.6 Å². The number of hydrogen-bond donors (Lipinski definition) is 3. The lowest BCUT2D eigenvalue weighted by molar-refractivity contribution is 0.0944. The van der Waals surface area contributed by atoms with Gasteiger partial charge in [-0.2, -0.15) is 11.3 Å². The first kappa shape index (κ1) is 12.9. The van der Waals surface area contributed by atoms with Crippen LogP contribution in [-0.2, 0) is 0 Å². The van der Waals surface area contributed by atoms with Gasteiger partial charge >= 0.3 is 0 Å². The highest BCUT2D eigenvalue weighted by molar-refractivity contribution is 7.80. The van der Waals surface area contributed by atoms with Crippen LogP contribution in [-0.4, -0.2) is 17.6 Å². The average molecular weight is 257 g/mol. The second kappa shape index (κ2) is 7.19. The first-order valence-corrected chi connectivity index (χ1v) is 6.45. The molecule has 0 unspecified atom stereocenters. The van der Waals surface area contributed by atoms with Crippen molar-refractivity contribution in [3.8, 4) is 0 Å². The fourth-order valence-corrected chi connectivity index (χ4v) is 1.79. The predicted octanol–water partition coefficient (Wildman–Crippen LogP) is 1.66. The largest absolute Gasteiger partial charge is 0.361 e. The van der Waals surface area contributed by atoms with Crippen LogP contribution < -0.4 is 16.2 Å². The lowest BCUT2D eigenvalue weighted by atomic mass is 10.3. The smallest absolute Gasteiger partial charge is 0.270 e. The molecule has 3 N–H and O–H groups in total. The first-order chi connectivity index (χ1) is 7.74. The molecule has 0 atom stereocenters. The molecule has 0 radical (unpaired) electrons. The topological polar surface area (TPSA) is 53.2 Å². The number of thiocarbonyl (C=S) groups is 1. The molecule has 1 rings (SSSR count). The maximum atomic E-state index is 11.5. The second-order valence-corrected chi connectivity index (χ2v) is 4.39. The number of carbonyl (C=O) groups is 1. The summed E-state index contributed by atoms with van der Waals surface area (Å²) in [4.78, 5) is 11.5. The molecule has 4 nitrogen and oxygen atoms in total. The molecule has 0 aliphatic heterocycles. The van der Waals surface area contributed by atoms with Crippen molar-refractivity contribution in [2.75, 3.05) is 6.54 Å². The Kier molecular flexibility index (Phi) is 5.81. The van der Waals surface area contributed by atoms with Crippen molar-refractivity contribution in [2.45, 2.75) is 19.8 Å². The molecule has 1 aromatic rings. The van der Waals surface area contributed by atoms with Crippen LogP contribution in [0.5, 0.6) is 0 Å². The van der Waals surface area contributed by atoms with Crippen molar-refractivity contribution < 1.29 is 4.79 Å². The van der Waals surface area contributed by atoms with Gasteiger partial charge in [0.25, 0.3) is 5.91 Å². The zero-order valence-corrected chi connectivity index (χ0v) is 10.7. The minimum atomic E-state index is -0.180. The lowest BCUT2D eigenvalue weighted by Crippen LogP contribution is -2.46. The van der Waals surface area contributed by atoms with Gasteiger partial charge in [0.2, 0.25) is 0 Å². The maximum Gasteiger partial charge on any atom is 0.270 e. The van der Waals surface area contributed by atoms with Gasteiger partial charge in [0, 0.05) is 11.9 Å². The first-order valence-electron chi connectivity index (χ1n) is 5.10. The summed E-state index contributed by atoms with van der Waals surface area (Å²) in [6, 6.07) is 1.76. The molecule has 1 amide bonds. The number of amides is 1. The summed E-state index contributed by atoms with van der Waals surface area (Å²) in [7, 11) is 0. The Bertz CT molecular complexity index is 338. The summed E-state index contributed by atoms with van der Waals surface area (Å²) in [5.74, 6) is -0.180. The molecule has 88 valence electrons. The van der Waals surface area contributed by atoms with E-state index in [-0.39, 0.29) is 5.91 Å². The molecule has 0 aliphatic rings. The van der Waals surface area contributed by atoms with Crippen molar-refractivity contribution in [3.63, 3.8) is 0 Å². The summed E-state index contributed by atoms with van der Waals surface area (Å²) in [6.45, 7) is 2.92. The van der Waals surface area contributed by atoms with Crippen molar-refractivity contribution in [1.82, 2.24) is 16.2 Å². The SMILES string of the molecule is CCCCNC(=S)NNC(=O)c1ccsc1. The van der Waals surface area contributed by atoms with E-state index >= 15 is 0 Å². The van der Waals surface area contributed by atoms with Crippen LogP contribution in [0.25, 0.3) is 0 Å². The van der Waals surface area contributed by atoms with E-state index in [0.717, 1.165) is 19.4 Å². The number of nitrogens with one attached hydrogen (secondary N) is 3. The highest BCUT2D eigenvalue weighted by Gasteiger charge is 2.04. The van der Waals surface area contributed by atoms with Gasteiger partial charge in [-0.1, -0.05) is 13.3 Å².